The molecule has 1 amide bonds. The average molecular weight is 474 g/mol. The van der Waals surface area contributed by atoms with E-state index in [-0.39, 0.29) is 29.3 Å². The fourth-order valence-electron chi connectivity index (χ4n) is 3.29. The first kappa shape index (κ1) is 23.7. The lowest BCUT2D eigenvalue weighted by atomic mass is 10.1. The zero-order valence-corrected chi connectivity index (χ0v) is 19.1. The smallest absolute Gasteiger partial charge is 0.255 e. The minimum absolute atomic E-state index is 0.129. The molecule has 1 heterocycles. The Bertz CT molecular complexity index is 1290. The number of rotatable bonds is 8. The van der Waals surface area contributed by atoms with Crippen LogP contribution in [0.4, 0.5) is 0 Å². The molecular formula is C23H24ClN3O4S. The van der Waals surface area contributed by atoms with E-state index in [1.807, 2.05) is 0 Å². The molecule has 0 bridgehead atoms. The fourth-order valence-corrected chi connectivity index (χ4v) is 4.77. The molecule has 1 aromatic heterocycles. The zero-order valence-electron chi connectivity index (χ0n) is 17.5. The second kappa shape index (κ2) is 10.1. The summed E-state index contributed by atoms with van der Waals surface area (Å²) in [6.45, 7) is 2.23. The topological polar surface area (TPSA) is 111 Å². The Morgan fingerprint density at radius 3 is 2.50 bits per heavy atom. The standard InChI is InChI=1S/C23H24ClN3O4S/c1-16-9-10-27(15-32(30,31)20-5-3-2-4-6-20)23(29)21(16)12-22(28)26-14-18-11-19(24)8-7-17(18)13-25/h2-11H,12-15,25H2,1H3,(H,26,28). The molecule has 0 aliphatic rings. The van der Waals surface area contributed by atoms with Crippen molar-refractivity contribution in [2.45, 2.75) is 37.2 Å². The summed E-state index contributed by atoms with van der Waals surface area (Å²) in [6, 6.07) is 14.8. The van der Waals surface area contributed by atoms with Gasteiger partial charge in [-0.2, -0.15) is 0 Å². The maximum atomic E-state index is 12.9. The van der Waals surface area contributed by atoms with Crippen molar-refractivity contribution in [2.24, 2.45) is 5.73 Å². The van der Waals surface area contributed by atoms with Crippen molar-refractivity contribution in [3.05, 3.63) is 98.4 Å². The third kappa shape index (κ3) is 5.64. The molecule has 0 radical (unpaired) electrons. The molecule has 9 heteroatoms. The quantitative estimate of drug-likeness (QED) is 0.522. The molecule has 0 aliphatic carbocycles. The number of halogens is 1. The Morgan fingerprint density at radius 2 is 1.81 bits per heavy atom. The largest absolute Gasteiger partial charge is 0.352 e. The van der Waals surface area contributed by atoms with Gasteiger partial charge in [-0.15, -0.1) is 0 Å². The minimum Gasteiger partial charge on any atom is -0.352 e. The van der Waals surface area contributed by atoms with Gasteiger partial charge in [0.15, 0.2) is 9.84 Å². The molecular weight excluding hydrogens is 450 g/mol. The predicted octanol–water partition coefficient (Wildman–Crippen LogP) is 2.56. The Labute approximate surface area is 191 Å². The number of benzene rings is 2. The number of hydrogen-bond donors (Lipinski definition) is 2. The number of carbonyl (C=O) groups is 1. The summed E-state index contributed by atoms with van der Waals surface area (Å²) in [4.78, 5) is 25.6. The van der Waals surface area contributed by atoms with Gasteiger partial charge < -0.3 is 11.1 Å². The third-order valence-electron chi connectivity index (χ3n) is 5.11. The van der Waals surface area contributed by atoms with Crippen molar-refractivity contribution in [1.29, 1.82) is 0 Å². The lowest BCUT2D eigenvalue weighted by molar-refractivity contribution is -0.120. The molecule has 0 fully saturated rings. The molecule has 0 spiro atoms. The first-order valence-electron chi connectivity index (χ1n) is 9.92. The van der Waals surface area contributed by atoms with Crippen molar-refractivity contribution in [2.75, 3.05) is 0 Å². The van der Waals surface area contributed by atoms with Gasteiger partial charge in [-0.1, -0.05) is 35.9 Å². The highest BCUT2D eigenvalue weighted by Gasteiger charge is 2.18. The van der Waals surface area contributed by atoms with Crippen LogP contribution in [0.1, 0.15) is 22.3 Å². The maximum Gasteiger partial charge on any atom is 0.255 e. The van der Waals surface area contributed by atoms with Crippen LogP contribution in [0.25, 0.3) is 0 Å². The Morgan fingerprint density at radius 1 is 1.09 bits per heavy atom. The number of sulfone groups is 1. The summed E-state index contributed by atoms with van der Waals surface area (Å²) < 4.78 is 26.4. The normalized spacial score (nSPS) is 11.3. The van der Waals surface area contributed by atoms with Crippen LogP contribution in [0.5, 0.6) is 0 Å². The Kier molecular flexibility index (Phi) is 7.50. The number of nitrogens with two attached hydrogens (primary N) is 1. The molecule has 32 heavy (non-hydrogen) atoms. The summed E-state index contributed by atoms with van der Waals surface area (Å²) in [5.41, 5.74) is 7.74. The molecule has 0 saturated carbocycles. The van der Waals surface area contributed by atoms with Crippen LogP contribution in [0, 0.1) is 6.92 Å². The van der Waals surface area contributed by atoms with E-state index in [0.29, 0.717) is 17.1 Å². The lowest BCUT2D eigenvalue weighted by Crippen LogP contribution is -2.32. The van der Waals surface area contributed by atoms with Crippen LogP contribution in [0.15, 0.2) is 70.5 Å². The van der Waals surface area contributed by atoms with Crippen LogP contribution in [-0.2, 0) is 40.0 Å². The zero-order chi connectivity index (χ0) is 23.3. The highest BCUT2D eigenvalue weighted by atomic mass is 35.5. The maximum absolute atomic E-state index is 12.9. The van der Waals surface area contributed by atoms with E-state index in [0.717, 1.165) is 15.7 Å². The monoisotopic (exact) mass is 473 g/mol. The number of nitrogens with zero attached hydrogens (tertiary/aromatic N) is 1. The van der Waals surface area contributed by atoms with E-state index in [1.165, 1.54) is 18.3 Å². The second-order valence-electron chi connectivity index (χ2n) is 7.38. The van der Waals surface area contributed by atoms with Gasteiger partial charge in [-0.25, -0.2) is 8.42 Å². The molecule has 7 nitrogen and oxygen atoms in total. The van der Waals surface area contributed by atoms with E-state index in [9.17, 15) is 18.0 Å². The van der Waals surface area contributed by atoms with E-state index >= 15 is 0 Å². The molecule has 3 aromatic rings. The number of aryl methyl sites for hydroxylation is 1. The van der Waals surface area contributed by atoms with E-state index in [1.54, 1.807) is 49.4 Å². The second-order valence-corrected chi connectivity index (χ2v) is 9.78. The summed E-state index contributed by atoms with van der Waals surface area (Å²) in [6.07, 6.45) is 1.26. The third-order valence-corrected chi connectivity index (χ3v) is 6.96. The SMILES string of the molecule is Cc1ccn(CS(=O)(=O)c2ccccc2)c(=O)c1CC(=O)NCc1cc(Cl)ccc1CN. The van der Waals surface area contributed by atoms with Gasteiger partial charge in [0, 0.05) is 29.9 Å². The highest BCUT2D eigenvalue weighted by molar-refractivity contribution is 7.90. The van der Waals surface area contributed by atoms with Crippen LogP contribution in [0.2, 0.25) is 5.02 Å². The van der Waals surface area contributed by atoms with Gasteiger partial charge in [0.25, 0.3) is 5.56 Å². The van der Waals surface area contributed by atoms with Crippen LogP contribution < -0.4 is 16.6 Å². The summed E-state index contributed by atoms with van der Waals surface area (Å²) in [5, 5.41) is 3.31. The molecule has 3 rings (SSSR count). The number of carbonyl (C=O) groups excluding carboxylic acids is 1. The molecule has 0 atom stereocenters. The number of amides is 1. The summed E-state index contributed by atoms with van der Waals surface area (Å²) in [7, 11) is -3.71. The molecule has 0 unspecified atom stereocenters. The van der Waals surface area contributed by atoms with E-state index < -0.39 is 21.3 Å². The molecule has 0 aliphatic heterocycles. The van der Waals surface area contributed by atoms with Gasteiger partial charge in [-0.05, 0) is 53.9 Å². The predicted molar refractivity (Wildman–Crippen MR) is 124 cm³/mol. The first-order valence-corrected chi connectivity index (χ1v) is 11.9. The number of aromatic nitrogens is 1. The summed E-state index contributed by atoms with van der Waals surface area (Å²) in [5.74, 6) is -0.871. The van der Waals surface area contributed by atoms with Crippen molar-refractivity contribution >= 4 is 27.3 Å². The minimum atomic E-state index is -3.71. The molecule has 168 valence electrons. The van der Waals surface area contributed by atoms with Crippen molar-refractivity contribution in [3.8, 4) is 0 Å². The van der Waals surface area contributed by atoms with Gasteiger partial charge in [0.2, 0.25) is 5.91 Å². The van der Waals surface area contributed by atoms with Crippen LogP contribution in [0.3, 0.4) is 0 Å². The highest BCUT2D eigenvalue weighted by Crippen LogP contribution is 2.16. The molecule has 3 N–H and O–H groups in total. The van der Waals surface area contributed by atoms with Gasteiger partial charge in [0.05, 0.1) is 11.3 Å². The van der Waals surface area contributed by atoms with E-state index in [4.69, 9.17) is 17.3 Å². The number of nitrogens with one attached hydrogen (secondary N) is 1. The van der Waals surface area contributed by atoms with Crippen molar-refractivity contribution < 1.29 is 13.2 Å². The van der Waals surface area contributed by atoms with Crippen LogP contribution >= 0.6 is 11.6 Å². The molecule has 2 aromatic carbocycles. The number of hydrogen-bond acceptors (Lipinski definition) is 5. The van der Waals surface area contributed by atoms with Crippen molar-refractivity contribution in [3.63, 3.8) is 0 Å². The number of pyridine rings is 1. The Balaban J connectivity index is 1.77. The van der Waals surface area contributed by atoms with Gasteiger partial charge in [-0.3, -0.25) is 14.2 Å². The first-order chi connectivity index (χ1) is 15.2. The van der Waals surface area contributed by atoms with E-state index in [2.05, 4.69) is 5.32 Å². The van der Waals surface area contributed by atoms with Crippen molar-refractivity contribution in [1.82, 2.24) is 9.88 Å². The molecule has 0 saturated heterocycles. The van der Waals surface area contributed by atoms with Gasteiger partial charge >= 0.3 is 0 Å². The Hall–Kier alpha value is -2.94. The van der Waals surface area contributed by atoms with Crippen LogP contribution in [-0.4, -0.2) is 18.9 Å². The fraction of sp³-hybridized carbons (Fsp3) is 0.217. The summed E-state index contributed by atoms with van der Waals surface area (Å²) >= 11 is 6.03. The van der Waals surface area contributed by atoms with Gasteiger partial charge in [0.1, 0.15) is 5.88 Å². The average Bonchev–Trinajstić information content (AvgIpc) is 2.78. The lowest BCUT2D eigenvalue weighted by Gasteiger charge is -2.13.